The van der Waals surface area contributed by atoms with Gasteiger partial charge in [0.2, 0.25) is 0 Å². The zero-order valence-electron chi connectivity index (χ0n) is 8.61. The van der Waals surface area contributed by atoms with Crippen LogP contribution in [0.4, 0.5) is 11.6 Å². The van der Waals surface area contributed by atoms with Gasteiger partial charge in [-0.2, -0.15) is 5.10 Å². The van der Waals surface area contributed by atoms with Crippen molar-refractivity contribution in [1.29, 1.82) is 0 Å². The fourth-order valence-electron chi connectivity index (χ4n) is 1.19. The Kier molecular flexibility index (Phi) is 2.88. The van der Waals surface area contributed by atoms with E-state index in [-0.39, 0.29) is 16.5 Å². The van der Waals surface area contributed by atoms with Crippen LogP contribution in [0.1, 0.15) is 0 Å². The summed E-state index contributed by atoms with van der Waals surface area (Å²) in [6, 6.07) is 6.12. The number of para-hydroxylation sites is 1. The Hall–Kier alpha value is -2.22. The Bertz CT molecular complexity index is 614. The van der Waals surface area contributed by atoms with Crippen LogP contribution in [0.15, 0.2) is 41.6 Å². The van der Waals surface area contributed by atoms with E-state index >= 15 is 0 Å². The van der Waals surface area contributed by atoms with Gasteiger partial charge < -0.3 is 5.73 Å². The number of rotatable bonds is 3. The molecule has 2 rings (SSSR count). The second-order valence-electron chi connectivity index (χ2n) is 3.11. The van der Waals surface area contributed by atoms with Gasteiger partial charge in [0.15, 0.2) is 0 Å². The third-order valence-corrected chi connectivity index (χ3v) is 3.32. The molecule has 17 heavy (non-hydrogen) atoms. The van der Waals surface area contributed by atoms with Crippen LogP contribution in [-0.2, 0) is 10.0 Å². The Morgan fingerprint density at radius 2 is 1.94 bits per heavy atom. The molecule has 1 aromatic carbocycles. The predicted molar refractivity (Wildman–Crippen MR) is 61.5 cm³/mol. The number of nitrogens with two attached hydrogens (primary N) is 1. The van der Waals surface area contributed by atoms with Crippen LogP contribution in [0, 0.1) is 0 Å². The Morgan fingerprint density at radius 1 is 1.18 bits per heavy atom. The molecule has 0 saturated carbocycles. The van der Waals surface area contributed by atoms with Gasteiger partial charge in [-0.15, -0.1) is 5.10 Å². The van der Waals surface area contributed by atoms with Gasteiger partial charge in [0.05, 0.1) is 18.1 Å². The molecule has 2 aromatic rings. The summed E-state index contributed by atoms with van der Waals surface area (Å²) in [5.74, 6) is -0.101. The molecule has 3 N–H and O–H groups in total. The molecule has 0 bridgehead atoms. The lowest BCUT2D eigenvalue weighted by Gasteiger charge is -2.07. The first-order valence-electron chi connectivity index (χ1n) is 4.60. The first kappa shape index (κ1) is 11.3. The number of anilines is 2. The number of sulfonamides is 1. The quantitative estimate of drug-likeness (QED) is 0.757. The number of nitrogens with one attached hydrogen (secondary N) is 1. The van der Waals surface area contributed by atoms with Crippen LogP contribution in [0.25, 0.3) is 0 Å². The van der Waals surface area contributed by atoms with Crippen LogP contribution >= 0.6 is 0 Å². The van der Waals surface area contributed by atoms with E-state index in [1.165, 1.54) is 24.5 Å². The summed E-state index contributed by atoms with van der Waals surface area (Å²) >= 11 is 0. The number of nitrogens with zero attached hydrogens (tertiary/aromatic N) is 3. The largest absolute Gasteiger partial charge is 0.398 e. The lowest BCUT2D eigenvalue weighted by molar-refractivity contribution is 0.601. The van der Waals surface area contributed by atoms with E-state index in [0.717, 1.165) is 0 Å². The van der Waals surface area contributed by atoms with Gasteiger partial charge in [-0.05, 0) is 12.1 Å². The van der Waals surface area contributed by atoms with Gasteiger partial charge in [0.1, 0.15) is 4.90 Å². The standard InChI is InChI=1S/C9H9N5O2S/c10-7-3-1-2-4-8(7)17(15,16)14-9-11-5-6-12-13-9/h1-6H,10H2,(H,11,13,14). The SMILES string of the molecule is Nc1ccccc1S(=O)(=O)Nc1nccnn1. The van der Waals surface area contributed by atoms with Crippen LogP contribution in [0.5, 0.6) is 0 Å². The highest BCUT2D eigenvalue weighted by atomic mass is 32.2. The predicted octanol–water partition coefficient (Wildman–Crippen LogP) is 0.255. The van der Waals surface area contributed by atoms with Gasteiger partial charge in [-0.3, -0.25) is 0 Å². The maximum absolute atomic E-state index is 11.9. The van der Waals surface area contributed by atoms with Crippen molar-refractivity contribution in [1.82, 2.24) is 15.2 Å². The van der Waals surface area contributed by atoms with Crippen LogP contribution < -0.4 is 10.5 Å². The lowest BCUT2D eigenvalue weighted by atomic mass is 10.3. The average molecular weight is 251 g/mol. The summed E-state index contributed by atoms with van der Waals surface area (Å²) in [6.07, 6.45) is 2.67. The van der Waals surface area contributed by atoms with Gasteiger partial charge in [0.25, 0.3) is 16.0 Å². The summed E-state index contributed by atoms with van der Waals surface area (Å²) < 4.78 is 26.0. The van der Waals surface area contributed by atoms with E-state index in [1.54, 1.807) is 12.1 Å². The molecule has 1 heterocycles. The fourth-order valence-corrected chi connectivity index (χ4v) is 2.27. The molecule has 0 fully saturated rings. The zero-order chi connectivity index (χ0) is 12.3. The molecule has 1 aromatic heterocycles. The van der Waals surface area contributed by atoms with Gasteiger partial charge in [-0.25, -0.2) is 18.1 Å². The smallest absolute Gasteiger partial charge is 0.266 e. The maximum atomic E-state index is 11.9. The Morgan fingerprint density at radius 3 is 2.59 bits per heavy atom. The minimum atomic E-state index is -3.78. The molecule has 0 amide bonds. The summed E-state index contributed by atoms with van der Waals surface area (Å²) in [7, 11) is -3.78. The molecule has 0 aliphatic rings. The molecular formula is C9H9N5O2S. The second-order valence-corrected chi connectivity index (χ2v) is 4.76. The van der Waals surface area contributed by atoms with Crippen molar-refractivity contribution in [3.63, 3.8) is 0 Å². The normalized spacial score (nSPS) is 11.1. The topological polar surface area (TPSA) is 111 Å². The van der Waals surface area contributed by atoms with E-state index in [2.05, 4.69) is 19.9 Å². The Balaban J connectivity index is 2.36. The third-order valence-electron chi connectivity index (χ3n) is 1.92. The second kappa shape index (κ2) is 4.34. The summed E-state index contributed by atoms with van der Waals surface area (Å²) in [5.41, 5.74) is 5.74. The lowest BCUT2D eigenvalue weighted by Crippen LogP contribution is -2.16. The molecule has 7 nitrogen and oxygen atoms in total. The van der Waals surface area contributed by atoms with Crippen molar-refractivity contribution in [2.24, 2.45) is 0 Å². The highest BCUT2D eigenvalue weighted by Gasteiger charge is 2.17. The Labute approximate surface area is 97.8 Å². The zero-order valence-corrected chi connectivity index (χ0v) is 9.42. The van der Waals surface area contributed by atoms with E-state index in [9.17, 15) is 8.42 Å². The van der Waals surface area contributed by atoms with E-state index in [4.69, 9.17) is 5.73 Å². The summed E-state index contributed by atoms with van der Waals surface area (Å²) in [5, 5.41) is 7.04. The minimum absolute atomic E-state index is 0.0209. The highest BCUT2D eigenvalue weighted by molar-refractivity contribution is 7.92. The number of hydrogen-bond donors (Lipinski definition) is 2. The average Bonchev–Trinajstić information content (AvgIpc) is 2.30. The molecule has 0 spiro atoms. The number of nitrogen functional groups attached to an aromatic ring is 1. The molecule has 0 unspecified atom stereocenters. The monoisotopic (exact) mass is 251 g/mol. The number of benzene rings is 1. The van der Waals surface area contributed by atoms with Crippen molar-refractivity contribution >= 4 is 21.7 Å². The van der Waals surface area contributed by atoms with Crippen molar-refractivity contribution in [2.45, 2.75) is 4.90 Å². The van der Waals surface area contributed by atoms with Crippen molar-refractivity contribution < 1.29 is 8.42 Å². The highest BCUT2D eigenvalue weighted by Crippen LogP contribution is 2.18. The summed E-state index contributed by atoms with van der Waals surface area (Å²) in [6.45, 7) is 0. The molecule has 0 atom stereocenters. The van der Waals surface area contributed by atoms with Gasteiger partial charge in [-0.1, -0.05) is 12.1 Å². The van der Waals surface area contributed by atoms with Crippen LogP contribution in [0.3, 0.4) is 0 Å². The molecule has 0 aliphatic heterocycles. The first-order chi connectivity index (χ1) is 8.09. The van der Waals surface area contributed by atoms with Crippen LogP contribution in [-0.4, -0.2) is 23.6 Å². The molecular weight excluding hydrogens is 242 g/mol. The summed E-state index contributed by atoms with van der Waals surface area (Å²) in [4.78, 5) is 3.69. The van der Waals surface area contributed by atoms with E-state index in [0.29, 0.717) is 0 Å². The molecule has 88 valence electrons. The fraction of sp³-hybridized carbons (Fsp3) is 0. The minimum Gasteiger partial charge on any atom is -0.398 e. The van der Waals surface area contributed by atoms with Crippen molar-refractivity contribution in [3.8, 4) is 0 Å². The number of aromatic nitrogens is 3. The number of hydrogen-bond acceptors (Lipinski definition) is 6. The maximum Gasteiger partial charge on any atom is 0.266 e. The molecule has 8 heteroatoms. The van der Waals surface area contributed by atoms with Crippen molar-refractivity contribution in [2.75, 3.05) is 10.5 Å². The van der Waals surface area contributed by atoms with Crippen LogP contribution in [0.2, 0.25) is 0 Å². The molecule has 0 saturated heterocycles. The molecule has 0 radical (unpaired) electrons. The first-order valence-corrected chi connectivity index (χ1v) is 6.09. The molecule has 0 aliphatic carbocycles. The van der Waals surface area contributed by atoms with Gasteiger partial charge >= 0.3 is 0 Å². The van der Waals surface area contributed by atoms with E-state index in [1.807, 2.05) is 0 Å². The van der Waals surface area contributed by atoms with Gasteiger partial charge in [0, 0.05) is 0 Å². The third kappa shape index (κ3) is 2.48. The van der Waals surface area contributed by atoms with E-state index < -0.39 is 10.0 Å². The van der Waals surface area contributed by atoms with Crippen molar-refractivity contribution in [3.05, 3.63) is 36.7 Å².